The number of nitrogens with one attached hydrogen (secondary N) is 1. The first-order chi connectivity index (χ1) is 9.69. The van der Waals surface area contributed by atoms with Gasteiger partial charge in [0.25, 0.3) is 0 Å². The van der Waals surface area contributed by atoms with Crippen molar-refractivity contribution in [3.8, 4) is 0 Å². The minimum absolute atomic E-state index is 0.453. The number of anilines is 1. The van der Waals surface area contributed by atoms with Gasteiger partial charge in [-0.1, -0.05) is 0 Å². The molecule has 5 nitrogen and oxygen atoms in total. The van der Waals surface area contributed by atoms with Crippen molar-refractivity contribution >= 4 is 13.3 Å². The maximum atomic E-state index is 6.52. The van der Waals surface area contributed by atoms with Gasteiger partial charge in [0.05, 0.1) is 0 Å². The molecule has 0 aromatic heterocycles. The Morgan fingerprint density at radius 3 is 2.10 bits per heavy atom. The molecule has 1 aromatic carbocycles. The van der Waals surface area contributed by atoms with E-state index in [1.54, 1.807) is 0 Å². The molecule has 1 spiro atoms. The van der Waals surface area contributed by atoms with Gasteiger partial charge in [-0.25, -0.2) is 0 Å². The molecule has 118 valence electrons. The molecule has 6 heteroatoms. The molecule has 2 saturated heterocycles. The molecule has 2 heterocycles. The van der Waals surface area contributed by atoms with E-state index in [1.165, 1.54) is 0 Å². The zero-order chi connectivity index (χ0) is 15.4. The van der Waals surface area contributed by atoms with E-state index < -0.39 is 18.8 Å². The quantitative estimate of drug-likeness (QED) is 0.842. The first kappa shape index (κ1) is 15.2. The standard InChI is InChI=1S/C15H25N2O3P/c1-14(2)15(3,4)20-21(19-14,17(5)11-12-18-21)16-13-9-7-6-8-10-13/h6-10,16H,11-12H2,1-5H3. The van der Waals surface area contributed by atoms with Crippen molar-refractivity contribution in [2.45, 2.75) is 38.9 Å². The number of hydrogen-bond donors (Lipinski definition) is 1. The van der Waals surface area contributed by atoms with Gasteiger partial charge in [0, 0.05) is 0 Å². The first-order valence-electron chi connectivity index (χ1n) is 7.34. The average molecular weight is 312 g/mol. The summed E-state index contributed by atoms with van der Waals surface area (Å²) in [5, 5.41) is 3.48. The molecule has 0 amide bonds. The summed E-state index contributed by atoms with van der Waals surface area (Å²) in [6.45, 7) is 9.59. The molecule has 21 heavy (non-hydrogen) atoms. The molecule has 2 fully saturated rings. The predicted molar refractivity (Wildman–Crippen MR) is 85.9 cm³/mol. The van der Waals surface area contributed by atoms with Crippen molar-refractivity contribution in [2.24, 2.45) is 0 Å². The summed E-state index contributed by atoms with van der Waals surface area (Å²) in [5.74, 6) is 0. The van der Waals surface area contributed by atoms with Crippen LogP contribution >= 0.6 is 7.59 Å². The Bertz CT molecular complexity index is 531. The van der Waals surface area contributed by atoms with Crippen molar-refractivity contribution in [2.75, 3.05) is 25.3 Å². The van der Waals surface area contributed by atoms with Crippen LogP contribution in [0, 0.1) is 0 Å². The summed E-state index contributed by atoms with van der Waals surface area (Å²) in [4.78, 5) is 0. The Balaban J connectivity index is 2.07. The Kier molecular flexibility index (Phi) is 3.18. The van der Waals surface area contributed by atoms with Gasteiger partial charge in [-0.2, -0.15) is 0 Å². The summed E-state index contributed by atoms with van der Waals surface area (Å²) in [7, 11) is -1.55. The van der Waals surface area contributed by atoms with Crippen molar-refractivity contribution in [3.05, 3.63) is 30.3 Å². The third-order valence-corrected chi connectivity index (χ3v) is 8.85. The predicted octanol–water partition coefficient (Wildman–Crippen LogP) is 3.79. The van der Waals surface area contributed by atoms with Gasteiger partial charge in [-0.3, -0.25) is 0 Å². The van der Waals surface area contributed by atoms with Crippen LogP contribution in [0.25, 0.3) is 0 Å². The average Bonchev–Trinajstić information content (AvgIpc) is 2.74. The molecule has 2 aliphatic heterocycles. The second kappa shape index (κ2) is 4.40. The molecule has 1 N–H and O–H groups in total. The van der Waals surface area contributed by atoms with Crippen LogP contribution in [0.5, 0.6) is 0 Å². The van der Waals surface area contributed by atoms with E-state index in [1.807, 2.05) is 37.4 Å². The Morgan fingerprint density at radius 1 is 1.05 bits per heavy atom. The van der Waals surface area contributed by atoms with Crippen LogP contribution in [-0.2, 0) is 13.6 Å². The van der Waals surface area contributed by atoms with Crippen molar-refractivity contribution in [1.82, 2.24) is 4.67 Å². The number of nitrogens with zero attached hydrogens (tertiary/aromatic N) is 1. The molecule has 3 rings (SSSR count). The summed E-state index contributed by atoms with van der Waals surface area (Å²) in [5.41, 5.74) is 0.0357. The second-order valence-electron chi connectivity index (χ2n) is 6.74. The number of rotatable bonds is 2. The van der Waals surface area contributed by atoms with Crippen LogP contribution in [-0.4, -0.2) is 36.1 Å². The van der Waals surface area contributed by atoms with Crippen LogP contribution in [0.2, 0.25) is 0 Å². The van der Waals surface area contributed by atoms with E-state index >= 15 is 0 Å². The molecule has 0 aliphatic carbocycles. The van der Waals surface area contributed by atoms with E-state index in [2.05, 4.69) is 37.5 Å². The van der Waals surface area contributed by atoms with Crippen molar-refractivity contribution in [1.29, 1.82) is 0 Å². The summed E-state index contributed by atoms with van der Waals surface area (Å²) in [6, 6.07) is 9.96. The SMILES string of the molecule is CN1CCOP12(Nc1ccccc1)OC(C)(C)C(C)(C)O2. The van der Waals surface area contributed by atoms with Gasteiger partial charge in [0.15, 0.2) is 0 Å². The van der Waals surface area contributed by atoms with E-state index in [0.717, 1.165) is 12.2 Å². The minimum atomic E-state index is -3.54. The summed E-state index contributed by atoms with van der Waals surface area (Å²) < 4.78 is 21.3. The topological polar surface area (TPSA) is 43.0 Å². The molecule has 0 radical (unpaired) electrons. The van der Waals surface area contributed by atoms with E-state index in [-0.39, 0.29) is 0 Å². The fraction of sp³-hybridized carbons (Fsp3) is 0.600. The van der Waals surface area contributed by atoms with Gasteiger partial charge < -0.3 is 0 Å². The van der Waals surface area contributed by atoms with Crippen LogP contribution in [0.1, 0.15) is 27.7 Å². The van der Waals surface area contributed by atoms with E-state index in [0.29, 0.717) is 6.61 Å². The Hall–Kier alpha value is -0.710. The second-order valence-corrected chi connectivity index (χ2v) is 9.95. The monoisotopic (exact) mass is 312 g/mol. The fourth-order valence-corrected chi connectivity index (χ4v) is 7.14. The van der Waals surface area contributed by atoms with Gasteiger partial charge in [-0.15, -0.1) is 0 Å². The maximum absolute atomic E-state index is 6.52. The summed E-state index contributed by atoms with van der Waals surface area (Å²) in [6.07, 6.45) is 0. The molecule has 0 atom stereocenters. The van der Waals surface area contributed by atoms with E-state index in [4.69, 9.17) is 13.6 Å². The number of benzene rings is 1. The molecular weight excluding hydrogens is 287 g/mol. The van der Waals surface area contributed by atoms with Crippen LogP contribution < -0.4 is 5.09 Å². The first-order valence-corrected chi connectivity index (χ1v) is 9.29. The van der Waals surface area contributed by atoms with Gasteiger partial charge in [-0.05, 0) is 0 Å². The molecular formula is C15H25N2O3P. The third kappa shape index (κ3) is 2.11. The Labute approximate surface area is 126 Å². The molecule has 1 aromatic rings. The number of hydrogen-bond acceptors (Lipinski definition) is 5. The number of likely N-dealkylation sites (N-methyl/N-ethyl adjacent to an activating group) is 1. The van der Waals surface area contributed by atoms with Gasteiger partial charge >= 0.3 is 126 Å². The van der Waals surface area contributed by atoms with E-state index in [9.17, 15) is 0 Å². The molecule has 0 bridgehead atoms. The van der Waals surface area contributed by atoms with Crippen LogP contribution in [0.15, 0.2) is 30.3 Å². The zero-order valence-corrected chi connectivity index (χ0v) is 14.3. The van der Waals surface area contributed by atoms with Crippen LogP contribution in [0.3, 0.4) is 0 Å². The zero-order valence-electron chi connectivity index (χ0n) is 13.4. The van der Waals surface area contributed by atoms with Gasteiger partial charge in [0.1, 0.15) is 0 Å². The molecule has 2 aliphatic rings. The summed E-state index contributed by atoms with van der Waals surface area (Å²) >= 11 is 0. The number of para-hydroxylation sites is 1. The van der Waals surface area contributed by atoms with Gasteiger partial charge in [0.2, 0.25) is 0 Å². The van der Waals surface area contributed by atoms with Crippen molar-refractivity contribution in [3.63, 3.8) is 0 Å². The van der Waals surface area contributed by atoms with Crippen LogP contribution in [0.4, 0.5) is 5.69 Å². The molecule has 0 unspecified atom stereocenters. The normalized spacial score (nSPS) is 30.8. The third-order valence-electron chi connectivity index (χ3n) is 4.64. The Morgan fingerprint density at radius 2 is 1.62 bits per heavy atom. The fourth-order valence-electron chi connectivity index (χ4n) is 2.73. The molecule has 0 saturated carbocycles. The van der Waals surface area contributed by atoms with Crippen molar-refractivity contribution < 1.29 is 13.6 Å².